The van der Waals surface area contributed by atoms with E-state index >= 15 is 0 Å². The highest BCUT2D eigenvalue weighted by atomic mass is 35.5. The monoisotopic (exact) mass is 374 g/mol. The van der Waals surface area contributed by atoms with Gasteiger partial charge in [0.1, 0.15) is 30.9 Å². The zero-order valence-electron chi connectivity index (χ0n) is 15.1. The molecule has 7 nitrogen and oxygen atoms in total. The van der Waals surface area contributed by atoms with Crippen molar-refractivity contribution in [1.29, 1.82) is 0 Å². The molecule has 2 aromatic heterocycles. The van der Waals surface area contributed by atoms with Crippen molar-refractivity contribution in [3.05, 3.63) is 60.2 Å². The Morgan fingerprint density at radius 3 is 2.31 bits per heavy atom. The lowest BCUT2D eigenvalue weighted by Gasteiger charge is -2.46. The first-order chi connectivity index (χ1) is 12.3. The highest BCUT2D eigenvalue weighted by Gasteiger charge is 2.49. The predicted octanol–water partition coefficient (Wildman–Crippen LogP) is 2.78. The fourth-order valence-electron chi connectivity index (χ4n) is 3.37. The fourth-order valence-corrected chi connectivity index (χ4v) is 3.50. The van der Waals surface area contributed by atoms with Crippen molar-refractivity contribution in [2.45, 2.75) is 45.4 Å². The summed E-state index contributed by atoms with van der Waals surface area (Å²) in [5.74, 6) is 0. The molecule has 1 N–H and O–H groups in total. The molecule has 0 amide bonds. The first-order valence-corrected chi connectivity index (χ1v) is 8.83. The molecule has 0 aliphatic rings. The maximum atomic E-state index is 11.9. The molecule has 138 valence electrons. The quantitative estimate of drug-likeness (QED) is 0.687. The van der Waals surface area contributed by atoms with Crippen molar-refractivity contribution < 1.29 is 5.11 Å². The molecule has 0 saturated heterocycles. The summed E-state index contributed by atoms with van der Waals surface area (Å²) in [6.45, 7) is 6.32. The van der Waals surface area contributed by atoms with Gasteiger partial charge in [0.2, 0.25) is 0 Å². The number of hydrogen-bond acceptors (Lipinski definition) is 5. The van der Waals surface area contributed by atoms with Crippen LogP contribution in [0.25, 0.3) is 0 Å². The second-order valence-electron chi connectivity index (χ2n) is 7.26. The van der Waals surface area contributed by atoms with Crippen LogP contribution in [0.5, 0.6) is 0 Å². The highest BCUT2D eigenvalue weighted by Crippen LogP contribution is 2.42. The van der Waals surface area contributed by atoms with Crippen molar-refractivity contribution in [2.24, 2.45) is 5.41 Å². The topological polar surface area (TPSA) is 81.6 Å². The molecule has 0 saturated carbocycles. The number of rotatable bonds is 7. The van der Waals surface area contributed by atoms with E-state index < -0.39 is 11.0 Å². The predicted molar refractivity (Wildman–Crippen MR) is 98.6 cm³/mol. The third-order valence-electron chi connectivity index (χ3n) is 5.13. The number of hydrogen-bond donors (Lipinski definition) is 1. The first-order valence-electron chi connectivity index (χ1n) is 8.45. The Balaban J connectivity index is 1.96. The maximum absolute atomic E-state index is 11.9. The SMILES string of the molecule is CC(n1cncn1)C(O)(Cn1cncn1)C(C)(C)Cc1ccc(Cl)cc1. The fraction of sp³-hybridized carbons (Fsp3) is 0.444. The average Bonchev–Trinajstić information content (AvgIpc) is 3.29. The molecule has 1 aromatic carbocycles. The summed E-state index contributed by atoms with van der Waals surface area (Å²) in [7, 11) is 0. The van der Waals surface area contributed by atoms with Crippen LogP contribution >= 0.6 is 11.6 Å². The van der Waals surface area contributed by atoms with E-state index in [9.17, 15) is 5.11 Å². The van der Waals surface area contributed by atoms with Gasteiger partial charge < -0.3 is 5.11 Å². The van der Waals surface area contributed by atoms with E-state index in [4.69, 9.17) is 11.6 Å². The molecule has 8 heteroatoms. The Bertz CT molecular complexity index is 816. The van der Waals surface area contributed by atoms with E-state index in [0.29, 0.717) is 11.4 Å². The molecule has 0 radical (unpaired) electrons. The Labute approximate surface area is 157 Å². The van der Waals surface area contributed by atoms with Crippen LogP contribution in [-0.4, -0.2) is 40.2 Å². The van der Waals surface area contributed by atoms with Crippen LogP contribution < -0.4 is 0 Å². The molecule has 3 rings (SSSR count). The molecule has 0 fully saturated rings. The summed E-state index contributed by atoms with van der Waals surface area (Å²) in [4.78, 5) is 8.02. The van der Waals surface area contributed by atoms with Gasteiger partial charge in [0, 0.05) is 10.4 Å². The van der Waals surface area contributed by atoms with Gasteiger partial charge in [-0.05, 0) is 31.0 Å². The molecule has 0 aliphatic heterocycles. The van der Waals surface area contributed by atoms with Gasteiger partial charge >= 0.3 is 0 Å². The van der Waals surface area contributed by atoms with Gasteiger partial charge in [0.15, 0.2) is 0 Å². The Hall–Kier alpha value is -2.25. The smallest absolute Gasteiger partial charge is 0.137 e. The standard InChI is InChI=1S/C18H23ClN6O/c1-14(25-13-21-11-23-25)18(26,9-24-12-20-10-22-24)17(2,3)8-15-4-6-16(19)7-5-15/h4-7,10-14,26H,8-9H2,1-3H3. The van der Waals surface area contributed by atoms with Gasteiger partial charge in [-0.15, -0.1) is 0 Å². The van der Waals surface area contributed by atoms with Crippen LogP contribution in [0.4, 0.5) is 0 Å². The molecule has 3 aromatic rings. The van der Waals surface area contributed by atoms with Crippen LogP contribution in [0.1, 0.15) is 32.4 Å². The largest absolute Gasteiger partial charge is 0.385 e. The number of aliphatic hydroxyl groups is 1. The maximum Gasteiger partial charge on any atom is 0.137 e. The molecule has 2 heterocycles. The van der Waals surface area contributed by atoms with Crippen molar-refractivity contribution in [3.8, 4) is 0 Å². The van der Waals surface area contributed by atoms with Gasteiger partial charge in [-0.1, -0.05) is 37.6 Å². The normalized spacial score (nSPS) is 15.6. The average molecular weight is 375 g/mol. The lowest BCUT2D eigenvalue weighted by Crippen LogP contribution is -2.54. The first kappa shape index (κ1) is 18.5. The highest BCUT2D eigenvalue weighted by molar-refractivity contribution is 6.30. The van der Waals surface area contributed by atoms with Crippen LogP contribution in [0, 0.1) is 5.41 Å². The van der Waals surface area contributed by atoms with Crippen molar-refractivity contribution in [1.82, 2.24) is 29.5 Å². The molecule has 0 spiro atoms. The van der Waals surface area contributed by atoms with Crippen LogP contribution in [-0.2, 0) is 13.0 Å². The van der Waals surface area contributed by atoms with Crippen LogP contribution in [0.2, 0.25) is 5.02 Å². The van der Waals surface area contributed by atoms with Crippen molar-refractivity contribution >= 4 is 11.6 Å². The minimum atomic E-state index is -1.16. The minimum absolute atomic E-state index is 0.286. The molecule has 2 atom stereocenters. The number of aromatic nitrogens is 6. The Morgan fingerprint density at radius 2 is 1.73 bits per heavy atom. The summed E-state index contributed by atoms with van der Waals surface area (Å²) in [5.41, 5.74) is -0.561. The molecular formula is C18H23ClN6O. The van der Waals surface area contributed by atoms with Crippen molar-refractivity contribution in [2.75, 3.05) is 0 Å². The lowest BCUT2D eigenvalue weighted by atomic mass is 9.67. The molecular weight excluding hydrogens is 352 g/mol. The van der Waals surface area contributed by atoms with Crippen molar-refractivity contribution in [3.63, 3.8) is 0 Å². The summed E-state index contributed by atoms with van der Waals surface area (Å²) < 4.78 is 3.33. The third-order valence-corrected chi connectivity index (χ3v) is 5.38. The van der Waals surface area contributed by atoms with E-state index in [-0.39, 0.29) is 12.6 Å². The second kappa shape index (κ2) is 7.17. The Morgan fingerprint density at radius 1 is 1.08 bits per heavy atom. The molecule has 26 heavy (non-hydrogen) atoms. The van der Waals surface area contributed by atoms with E-state index in [1.54, 1.807) is 22.0 Å². The van der Waals surface area contributed by atoms with E-state index in [1.165, 1.54) is 12.7 Å². The van der Waals surface area contributed by atoms with Gasteiger partial charge in [-0.3, -0.25) is 0 Å². The molecule has 2 unspecified atom stereocenters. The second-order valence-corrected chi connectivity index (χ2v) is 7.69. The van der Waals surface area contributed by atoms with E-state index in [2.05, 4.69) is 20.2 Å². The minimum Gasteiger partial charge on any atom is -0.385 e. The summed E-state index contributed by atoms with van der Waals surface area (Å²) in [6.07, 6.45) is 6.83. The zero-order valence-corrected chi connectivity index (χ0v) is 15.9. The van der Waals surface area contributed by atoms with Crippen LogP contribution in [0.15, 0.2) is 49.6 Å². The number of nitrogens with zero attached hydrogens (tertiary/aromatic N) is 6. The van der Waals surface area contributed by atoms with Gasteiger partial charge in [0.25, 0.3) is 0 Å². The summed E-state index contributed by atoms with van der Waals surface area (Å²) >= 11 is 6.00. The van der Waals surface area contributed by atoms with Crippen LogP contribution in [0.3, 0.4) is 0 Å². The van der Waals surface area contributed by atoms with E-state index in [1.807, 2.05) is 45.0 Å². The van der Waals surface area contributed by atoms with Gasteiger partial charge in [-0.25, -0.2) is 19.3 Å². The molecule has 0 bridgehead atoms. The van der Waals surface area contributed by atoms with Gasteiger partial charge in [0.05, 0.1) is 12.6 Å². The summed E-state index contributed by atoms with van der Waals surface area (Å²) in [5, 5.41) is 21.0. The summed E-state index contributed by atoms with van der Waals surface area (Å²) in [6, 6.07) is 7.38. The lowest BCUT2D eigenvalue weighted by molar-refractivity contribution is -0.118. The van der Waals surface area contributed by atoms with Gasteiger partial charge in [-0.2, -0.15) is 10.2 Å². The van der Waals surface area contributed by atoms with E-state index in [0.717, 1.165) is 5.56 Å². The molecule has 0 aliphatic carbocycles. The number of benzene rings is 1. The zero-order chi connectivity index (χ0) is 18.8. The number of halogens is 1. The third kappa shape index (κ3) is 3.64. The Kier molecular flexibility index (Phi) is 5.11.